The van der Waals surface area contributed by atoms with Crippen LogP contribution in [0.15, 0.2) is 66.2 Å². The van der Waals surface area contributed by atoms with Crippen LogP contribution in [0.25, 0.3) is 6.08 Å². The van der Waals surface area contributed by atoms with Crippen molar-refractivity contribution in [2.24, 2.45) is 11.8 Å². The molecule has 2 amide bonds. The molecule has 3 heterocycles. The molecule has 0 aromatic heterocycles. The summed E-state index contributed by atoms with van der Waals surface area (Å²) in [6.07, 6.45) is 3.16. The first kappa shape index (κ1) is 16.5. The highest BCUT2D eigenvalue weighted by atomic mass is 16.2. The molecule has 5 rings (SSSR count). The minimum absolute atomic E-state index is 0.0156. The van der Waals surface area contributed by atoms with Crippen LogP contribution in [0.3, 0.4) is 0 Å². The van der Waals surface area contributed by atoms with Gasteiger partial charge in [0.2, 0.25) is 11.8 Å². The predicted molar refractivity (Wildman–Crippen MR) is 103 cm³/mol. The smallest absolute Gasteiger partial charge is 0.234 e. The Kier molecular flexibility index (Phi) is 3.76. The van der Waals surface area contributed by atoms with Crippen LogP contribution >= 0.6 is 0 Å². The molecule has 0 N–H and O–H groups in total. The first-order valence-electron chi connectivity index (χ1n) is 9.54. The van der Waals surface area contributed by atoms with E-state index in [4.69, 9.17) is 0 Å². The van der Waals surface area contributed by atoms with Crippen LogP contribution in [0.1, 0.15) is 23.6 Å². The molecule has 136 valence electrons. The first-order valence-corrected chi connectivity index (χ1v) is 9.54. The largest absolute Gasteiger partial charge is 0.288 e. The van der Waals surface area contributed by atoms with Crippen LogP contribution < -0.4 is 0 Å². The Labute approximate surface area is 159 Å². The van der Waals surface area contributed by atoms with Gasteiger partial charge in [0.25, 0.3) is 0 Å². The summed E-state index contributed by atoms with van der Waals surface area (Å²) in [4.78, 5) is 29.6. The van der Waals surface area contributed by atoms with Crippen molar-refractivity contribution < 1.29 is 9.59 Å². The molecule has 0 spiro atoms. The van der Waals surface area contributed by atoms with Gasteiger partial charge in [-0.2, -0.15) is 0 Å². The average Bonchev–Trinajstić information content (AvgIpc) is 3.31. The summed E-state index contributed by atoms with van der Waals surface area (Å²) in [6.45, 7) is 0.889. The second kappa shape index (κ2) is 6.17. The van der Waals surface area contributed by atoms with Gasteiger partial charge in [-0.15, -0.1) is 0 Å². The summed E-state index contributed by atoms with van der Waals surface area (Å²) in [7, 11) is 1.63. The zero-order valence-corrected chi connectivity index (χ0v) is 15.3. The molecule has 2 aromatic carbocycles. The Morgan fingerprint density at radius 3 is 2.11 bits per heavy atom. The first-order chi connectivity index (χ1) is 13.2. The Balaban J connectivity index is 1.61. The number of hydrogen-bond acceptors (Lipinski definition) is 3. The van der Waals surface area contributed by atoms with Crippen LogP contribution in [0.5, 0.6) is 0 Å². The maximum atomic E-state index is 13.0. The number of hydrogen-bond donors (Lipinski definition) is 0. The predicted octanol–water partition coefficient (Wildman–Crippen LogP) is 3.13. The molecule has 3 fully saturated rings. The van der Waals surface area contributed by atoms with E-state index in [-0.39, 0.29) is 35.7 Å². The molecule has 3 saturated heterocycles. The normalized spacial score (nSPS) is 31.6. The summed E-state index contributed by atoms with van der Waals surface area (Å²) in [5.74, 6) is -0.619. The third kappa shape index (κ3) is 2.40. The van der Waals surface area contributed by atoms with Gasteiger partial charge in [-0.05, 0) is 17.5 Å². The van der Waals surface area contributed by atoms with Gasteiger partial charge < -0.3 is 0 Å². The second-order valence-electron chi connectivity index (χ2n) is 7.71. The average molecular weight is 358 g/mol. The minimum atomic E-state index is -0.283. The van der Waals surface area contributed by atoms with Crippen LogP contribution in [0, 0.1) is 11.8 Å². The van der Waals surface area contributed by atoms with Gasteiger partial charge in [0.1, 0.15) is 0 Å². The van der Waals surface area contributed by atoms with Gasteiger partial charge in [-0.3, -0.25) is 19.4 Å². The van der Waals surface area contributed by atoms with Crippen molar-refractivity contribution in [3.63, 3.8) is 0 Å². The number of amides is 2. The van der Waals surface area contributed by atoms with Crippen molar-refractivity contribution in [2.75, 3.05) is 13.6 Å². The van der Waals surface area contributed by atoms with E-state index < -0.39 is 0 Å². The molecular formula is C23H22N2O2. The van der Waals surface area contributed by atoms with Gasteiger partial charge in [-0.25, -0.2) is 0 Å². The Bertz CT molecular complexity index is 922. The molecular weight excluding hydrogens is 336 g/mol. The van der Waals surface area contributed by atoms with Crippen LogP contribution in [0.4, 0.5) is 0 Å². The standard InChI is InChI=1S/C23H22N2O2/c1-24-22(26)18-19(23(24)27)21-17(14-15-8-4-2-5-9-15)12-13-25(21)20(18)16-10-6-3-7-11-16/h2-11,14,18-21H,12-13H2,1H3/b17-14+/t18-,19+,20+,21+/m0/s1. The summed E-state index contributed by atoms with van der Waals surface area (Å²) in [5, 5.41) is 0. The maximum absolute atomic E-state index is 13.0. The molecule has 4 heteroatoms. The lowest BCUT2D eigenvalue weighted by atomic mass is 9.83. The molecule has 0 unspecified atom stereocenters. The lowest BCUT2D eigenvalue weighted by molar-refractivity contribution is -0.139. The van der Waals surface area contributed by atoms with Crippen LogP contribution in [0.2, 0.25) is 0 Å². The van der Waals surface area contributed by atoms with E-state index in [0.717, 1.165) is 24.1 Å². The number of carbonyl (C=O) groups excluding carboxylic acids is 2. The van der Waals surface area contributed by atoms with E-state index in [2.05, 4.69) is 35.2 Å². The van der Waals surface area contributed by atoms with Gasteiger partial charge in [0.05, 0.1) is 11.8 Å². The fourth-order valence-corrected chi connectivity index (χ4v) is 5.21. The molecule has 4 nitrogen and oxygen atoms in total. The summed E-state index contributed by atoms with van der Waals surface area (Å²) in [6, 6.07) is 20.4. The van der Waals surface area contributed by atoms with Crippen molar-refractivity contribution in [3.05, 3.63) is 77.4 Å². The number of benzene rings is 2. The zero-order chi connectivity index (χ0) is 18.5. The number of carbonyl (C=O) groups is 2. The molecule has 0 bridgehead atoms. The second-order valence-corrected chi connectivity index (χ2v) is 7.71. The van der Waals surface area contributed by atoms with E-state index in [1.54, 1.807) is 7.05 Å². The molecule has 3 aliphatic rings. The number of likely N-dealkylation sites (tertiary alicyclic amines) is 1. The zero-order valence-electron chi connectivity index (χ0n) is 15.3. The molecule has 4 atom stereocenters. The number of fused-ring (bicyclic) bond motifs is 3. The van der Waals surface area contributed by atoms with Crippen molar-refractivity contribution in [2.45, 2.75) is 18.5 Å². The highest BCUT2D eigenvalue weighted by Crippen LogP contribution is 2.54. The van der Waals surface area contributed by atoms with Crippen LogP contribution in [-0.4, -0.2) is 41.2 Å². The van der Waals surface area contributed by atoms with Crippen molar-refractivity contribution >= 4 is 17.9 Å². The highest BCUT2D eigenvalue weighted by Gasteiger charge is 2.63. The molecule has 3 aliphatic heterocycles. The SMILES string of the molecule is CN1C(=O)[C@@H]2[C@H](C1=O)[C@@H](c1ccccc1)N1CC/C(=C\c3ccccc3)[C@H]21. The Morgan fingerprint density at radius 2 is 1.44 bits per heavy atom. The topological polar surface area (TPSA) is 40.6 Å². The van der Waals surface area contributed by atoms with Gasteiger partial charge in [0, 0.05) is 25.7 Å². The summed E-state index contributed by atoms with van der Waals surface area (Å²) < 4.78 is 0. The maximum Gasteiger partial charge on any atom is 0.234 e. The molecule has 2 aromatic rings. The van der Waals surface area contributed by atoms with E-state index in [1.807, 2.05) is 36.4 Å². The fourth-order valence-electron chi connectivity index (χ4n) is 5.21. The van der Waals surface area contributed by atoms with E-state index in [9.17, 15) is 9.59 Å². The van der Waals surface area contributed by atoms with E-state index in [0.29, 0.717) is 0 Å². The summed E-state index contributed by atoms with van der Waals surface area (Å²) in [5.41, 5.74) is 3.55. The fraction of sp³-hybridized carbons (Fsp3) is 0.304. The number of rotatable bonds is 2. The van der Waals surface area contributed by atoms with Crippen molar-refractivity contribution in [1.29, 1.82) is 0 Å². The third-order valence-electron chi connectivity index (χ3n) is 6.34. The van der Waals surface area contributed by atoms with E-state index >= 15 is 0 Å². The molecule has 27 heavy (non-hydrogen) atoms. The monoisotopic (exact) mass is 358 g/mol. The Morgan fingerprint density at radius 1 is 0.852 bits per heavy atom. The molecule has 0 saturated carbocycles. The van der Waals surface area contributed by atoms with Crippen molar-refractivity contribution in [1.82, 2.24) is 9.80 Å². The van der Waals surface area contributed by atoms with Gasteiger partial charge in [0.15, 0.2) is 0 Å². The van der Waals surface area contributed by atoms with Crippen molar-refractivity contribution in [3.8, 4) is 0 Å². The summed E-state index contributed by atoms with van der Waals surface area (Å²) >= 11 is 0. The van der Waals surface area contributed by atoms with Gasteiger partial charge >= 0.3 is 0 Å². The number of imide groups is 1. The van der Waals surface area contributed by atoms with E-state index in [1.165, 1.54) is 10.5 Å². The molecule has 0 aliphatic carbocycles. The lowest BCUT2D eigenvalue weighted by Crippen LogP contribution is -2.37. The van der Waals surface area contributed by atoms with Crippen LogP contribution in [-0.2, 0) is 9.59 Å². The minimum Gasteiger partial charge on any atom is -0.288 e. The number of nitrogens with zero attached hydrogens (tertiary/aromatic N) is 2. The Hall–Kier alpha value is -2.72. The lowest BCUT2D eigenvalue weighted by Gasteiger charge is -2.28. The third-order valence-corrected chi connectivity index (χ3v) is 6.34. The quantitative estimate of drug-likeness (QED) is 0.775. The molecule has 0 radical (unpaired) electrons. The van der Waals surface area contributed by atoms with Gasteiger partial charge in [-0.1, -0.05) is 72.3 Å². The highest BCUT2D eigenvalue weighted by molar-refractivity contribution is 6.06.